The van der Waals surface area contributed by atoms with E-state index < -0.39 is 11.6 Å². The van der Waals surface area contributed by atoms with Crippen molar-refractivity contribution in [2.75, 3.05) is 21.3 Å². The molecule has 0 aliphatic rings. The van der Waals surface area contributed by atoms with Gasteiger partial charge in [-0.2, -0.15) is 0 Å². The van der Waals surface area contributed by atoms with Gasteiger partial charge in [-0.25, -0.2) is 9.59 Å². The highest BCUT2D eigenvalue weighted by Crippen LogP contribution is 2.38. The fourth-order valence-corrected chi connectivity index (χ4v) is 3.70. The smallest absolute Gasteiger partial charge is 0.344 e. The summed E-state index contributed by atoms with van der Waals surface area (Å²) in [6, 6.07) is 17.2. The van der Waals surface area contributed by atoms with E-state index in [0.717, 1.165) is 11.1 Å². The van der Waals surface area contributed by atoms with E-state index in [1.807, 2.05) is 37.3 Å². The number of carbonyl (C=O) groups is 1. The third-order valence-electron chi connectivity index (χ3n) is 5.31. The first-order valence-corrected chi connectivity index (χ1v) is 10.1. The predicted octanol–water partition coefficient (Wildman–Crippen LogP) is 5.01. The number of ether oxygens (including phenoxy) is 4. The molecule has 0 atom stereocenters. The van der Waals surface area contributed by atoms with Crippen molar-refractivity contribution >= 4 is 16.9 Å². The first kappa shape index (κ1) is 22.0. The van der Waals surface area contributed by atoms with E-state index in [0.29, 0.717) is 39.5 Å². The lowest BCUT2D eigenvalue weighted by atomic mass is 9.99. The zero-order chi connectivity index (χ0) is 23.5. The maximum Gasteiger partial charge on any atom is 0.344 e. The molecule has 0 fully saturated rings. The molecule has 4 rings (SSSR count). The lowest BCUT2D eigenvalue weighted by Gasteiger charge is -2.14. The van der Waals surface area contributed by atoms with Crippen LogP contribution in [0.5, 0.6) is 23.0 Å². The van der Waals surface area contributed by atoms with E-state index in [1.54, 1.807) is 18.2 Å². The van der Waals surface area contributed by atoms with Crippen molar-refractivity contribution in [1.29, 1.82) is 0 Å². The average Bonchev–Trinajstić information content (AvgIpc) is 2.84. The Morgan fingerprint density at radius 2 is 1.52 bits per heavy atom. The minimum Gasteiger partial charge on any atom is -0.493 e. The van der Waals surface area contributed by atoms with Gasteiger partial charge in [0, 0.05) is 5.39 Å². The Labute approximate surface area is 190 Å². The molecule has 33 heavy (non-hydrogen) atoms. The minimum atomic E-state index is -0.605. The molecule has 0 saturated carbocycles. The summed E-state index contributed by atoms with van der Waals surface area (Å²) in [5, 5.41) is 0.670. The fraction of sp³-hybridized carbons (Fsp3) is 0.154. The normalized spacial score (nSPS) is 10.7. The molecule has 3 aromatic carbocycles. The maximum absolute atomic E-state index is 12.9. The number of methoxy groups -OCH3 is 3. The summed E-state index contributed by atoms with van der Waals surface area (Å²) >= 11 is 0. The van der Waals surface area contributed by atoms with Crippen molar-refractivity contribution in [1.82, 2.24) is 0 Å². The molecule has 1 aromatic heterocycles. The van der Waals surface area contributed by atoms with Crippen molar-refractivity contribution in [3.8, 4) is 34.1 Å². The van der Waals surface area contributed by atoms with Crippen molar-refractivity contribution < 1.29 is 28.2 Å². The standard InChI is InChI=1S/C26H22O7/c1-15-19-14-18(10-11-20(19)33-26(28)23(15)16-8-6-5-7-9-16)32-25(27)17-12-21(29-2)24(31-4)22(13-17)30-3/h5-14H,1-4H3. The van der Waals surface area contributed by atoms with Crippen LogP contribution in [0.4, 0.5) is 0 Å². The lowest BCUT2D eigenvalue weighted by Crippen LogP contribution is -2.10. The number of aryl methyl sites for hydroxylation is 1. The van der Waals surface area contributed by atoms with Crippen molar-refractivity contribution in [3.63, 3.8) is 0 Å². The monoisotopic (exact) mass is 446 g/mol. The molecule has 0 aliphatic heterocycles. The third kappa shape index (κ3) is 4.13. The van der Waals surface area contributed by atoms with Crippen molar-refractivity contribution in [2.24, 2.45) is 0 Å². The average molecular weight is 446 g/mol. The van der Waals surface area contributed by atoms with Gasteiger partial charge in [-0.3, -0.25) is 0 Å². The van der Waals surface area contributed by atoms with E-state index in [-0.39, 0.29) is 5.56 Å². The van der Waals surface area contributed by atoms with Gasteiger partial charge >= 0.3 is 11.6 Å². The van der Waals surface area contributed by atoms with E-state index in [4.69, 9.17) is 23.4 Å². The fourth-order valence-electron chi connectivity index (χ4n) is 3.70. The van der Waals surface area contributed by atoms with Crippen LogP contribution < -0.4 is 24.6 Å². The first-order valence-electron chi connectivity index (χ1n) is 10.1. The summed E-state index contributed by atoms with van der Waals surface area (Å²) in [4.78, 5) is 25.5. The zero-order valence-electron chi connectivity index (χ0n) is 18.6. The van der Waals surface area contributed by atoms with Gasteiger partial charge in [0.25, 0.3) is 0 Å². The quantitative estimate of drug-likeness (QED) is 0.234. The van der Waals surface area contributed by atoms with Gasteiger partial charge in [-0.15, -0.1) is 0 Å². The number of hydrogen-bond donors (Lipinski definition) is 0. The maximum atomic E-state index is 12.9. The van der Waals surface area contributed by atoms with Crippen molar-refractivity contribution in [2.45, 2.75) is 6.92 Å². The minimum absolute atomic E-state index is 0.228. The summed E-state index contributed by atoms with van der Waals surface area (Å²) in [6.45, 7) is 1.84. The molecule has 0 amide bonds. The highest BCUT2D eigenvalue weighted by molar-refractivity contribution is 5.94. The molecular formula is C26H22O7. The molecule has 0 N–H and O–H groups in total. The van der Waals surface area contributed by atoms with E-state index in [9.17, 15) is 9.59 Å². The number of hydrogen-bond acceptors (Lipinski definition) is 7. The highest BCUT2D eigenvalue weighted by Gasteiger charge is 2.19. The molecule has 1 heterocycles. The molecule has 0 aliphatic carbocycles. The number of carbonyl (C=O) groups excluding carboxylic acids is 1. The number of rotatable bonds is 6. The lowest BCUT2D eigenvalue weighted by molar-refractivity contribution is 0.0734. The van der Waals surface area contributed by atoms with E-state index in [2.05, 4.69) is 0 Å². The SMILES string of the molecule is COc1cc(C(=O)Oc2ccc3oc(=O)c(-c4ccccc4)c(C)c3c2)cc(OC)c1OC. The van der Waals surface area contributed by atoms with Gasteiger partial charge < -0.3 is 23.4 Å². The van der Waals surface area contributed by atoms with Crippen LogP contribution in [0.3, 0.4) is 0 Å². The van der Waals surface area contributed by atoms with Crippen LogP contribution >= 0.6 is 0 Å². The van der Waals surface area contributed by atoms with Crippen LogP contribution in [-0.2, 0) is 0 Å². The van der Waals surface area contributed by atoms with Crippen LogP contribution in [0, 0.1) is 6.92 Å². The molecule has 0 saturated heterocycles. The van der Waals surface area contributed by atoms with Gasteiger partial charge in [0.1, 0.15) is 11.3 Å². The molecule has 0 bridgehead atoms. The van der Waals surface area contributed by atoms with E-state index in [1.165, 1.54) is 33.5 Å². The largest absolute Gasteiger partial charge is 0.493 e. The highest BCUT2D eigenvalue weighted by atomic mass is 16.5. The number of esters is 1. The summed E-state index contributed by atoms with van der Waals surface area (Å²) in [6.07, 6.45) is 0. The molecule has 4 aromatic rings. The van der Waals surface area contributed by atoms with Crippen LogP contribution in [0.25, 0.3) is 22.1 Å². The van der Waals surface area contributed by atoms with Crippen molar-refractivity contribution in [3.05, 3.63) is 82.2 Å². The Kier molecular flexibility index (Phi) is 6.04. The molecular weight excluding hydrogens is 424 g/mol. The molecule has 0 unspecified atom stereocenters. The zero-order valence-corrected chi connectivity index (χ0v) is 18.6. The van der Waals surface area contributed by atoms with Crippen LogP contribution in [0.1, 0.15) is 15.9 Å². The summed E-state index contributed by atoms with van der Waals surface area (Å²) < 4.78 is 27.0. The van der Waals surface area contributed by atoms with Gasteiger partial charge in [0.15, 0.2) is 11.5 Å². The van der Waals surface area contributed by atoms with Crippen LogP contribution in [-0.4, -0.2) is 27.3 Å². The van der Waals surface area contributed by atoms with E-state index >= 15 is 0 Å². The Morgan fingerprint density at radius 3 is 2.12 bits per heavy atom. The van der Waals surface area contributed by atoms with Gasteiger partial charge in [0.05, 0.1) is 32.5 Å². The molecule has 7 heteroatoms. The Balaban J connectivity index is 1.73. The molecule has 0 spiro atoms. The Bertz CT molecular complexity index is 1360. The molecule has 7 nitrogen and oxygen atoms in total. The van der Waals surface area contributed by atoms with Crippen LogP contribution in [0.15, 0.2) is 69.9 Å². The first-order chi connectivity index (χ1) is 16.0. The predicted molar refractivity (Wildman–Crippen MR) is 124 cm³/mol. The number of fused-ring (bicyclic) bond motifs is 1. The summed E-state index contributed by atoms with van der Waals surface area (Å²) in [7, 11) is 4.42. The second-order valence-corrected chi connectivity index (χ2v) is 7.22. The van der Waals surface area contributed by atoms with Gasteiger partial charge in [0.2, 0.25) is 5.75 Å². The Hall–Kier alpha value is -4.26. The summed E-state index contributed by atoms with van der Waals surface area (Å²) in [5.41, 5.74) is 2.17. The van der Waals surface area contributed by atoms with Gasteiger partial charge in [-0.1, -0.05) is 30.3 Å². The van der Waals surface area contributed by atoms with Gasteiger partial charge in [-0.05, 0) is 48.4 Å². The third-order valence-corrected chi connectivity index (χ3v) is 5.31. The summed E-state index contributed by atoms with van der Waals surface area (Å²) in [5.74, 6) is 0.755. The topological polar surface area (TPSA) is 84.2 Å². The Morgan fingerprint density at radius 1 is 0.848 bits per heavy atom. The second kappa shape index (κ2) is 9.08. The molecule has 0 radical (unpaired) electrons. The molecule has 168 valence electrons. The number of benzene rings is 3. The van der Waals surface area contributed by atoms with Crippen LogP contribution in [0.2, 0.25) is 0 Å². The second-order valence-electron chi connectivity index (χ2n) is 7.22.